The first-order chi connectivity index (χ1) is 18.3. The van der Waals surface area contributed by atoms with Gasteiger partial charge in [-0.25, -0.2) is 13.3 Å². The lowest BCUT2D eigenvalue weighted by Gasteiger charge is -2.24. The molecule has 3 aromatic carbocycles. The largest absolute Gasteiger partial charge is 0.573 e. The lowest BCUT2D eigenvalue weighted by molar-refractivity contribution is -0.274. The fourth-order valence-electron chi connectivity index (χ4n) is 4.41. The molecular weight excluding hydrogens is 511 g/mol. The highest BCUT2D eigenvalue weighted by atomic mass is 32.2. The van der Waals surface area contributed by atoms with Crippen molar-refractivity contribution in [2.24, 2.45) is 10.3 Å². The lowest BCUT2D eigenvalue weighted by Crippen LogP contribution is -2.25. The normalized spacial score (nSPS) is 16.2. The number of hydrogen-bond acceptors (Lipinski definition) is 4. The predicted molar refractivity (Wildman–Crippen MR) is 143 cm³/mol. The van der Waals surface area contributed by atoms with Crippen molar-refractivity contribution in [2.45, 2.75) is 36.9 Å². The Bertz CT molecular complexity index is 1420. The first-order valence-corrected chi connectivity index (χ1v) is 14.0. The number of nitrogens with one attached hydrogen (secondary N) is 1. The molecule has 1 fully saturated rings. The minimum Gasteiger partial charge on any atom is -0.406 e. The fourth-order valence-corrected chi connectivity index (χ4v) is 6.01. The van der Waals surface area contributed by atoms with Crippen LogP contribution in [0.15, 0.2) is 82.1 Å². The van der Waals surface area contributed by atoms with Gasteiger partial charge in [0.15, 0.2) is 0 Å². The van der Waals surface area contributed by atoms with Crippen LogP contribution in [0.25, 0.3) is 0 Å². The molecule has 1 N–H and O–H groups in total. The van der Waals surface area contributed by atoms with Crippen LogP contribution >= 0.6 is 0 Å². The number of anilines is 2. The average Bonchev–Trinajstić information content (AvgIpc) is 3.74. The number of rotatable bonds is 7. The molecule has 5 nitrogen and oxygen atoms in total. The molecule has 0 amide bonds. The molecule has 0 saturated heterocycles. The van der Waals surface area contributed by atoms with Gasteiger partial charge in [-0.2, -0.15) is 0 Å². The molecule has 198 valence electrons. The highest BCUT2D eigenvalue weighted by Crippen LogP contribution is 2.35. The number of para-hydroxylation sites is 2. The van der Waals surface area contributed by atoms with Gasteiger partial charge in [-0.3, -0.25) is 0 Å². The second-order valence-corrected chi connectivity index (χ2v) is 11.4. The van der Waals surface area contributed by atoms with Crippen molar-refractivity contribution in [2.75, 3.05) is 24.5 Å². The monoisotopic (exact) mass is 539 g/mol. The maximum Gasteiger partial charge on any atom is 0.573 e. The van der Waals surface area contributed by atoms with Gasteiger partial charge < -0.3 is 9.64 Å². The van der Waals surface area contributed by atoms with Crippen molar-refractivity contribution in [3.8, 4) is 17.6 Å². The highest BCUT2D eigenvalue weighted by molar-refractivity contribution is 7.91. The van der Waals surface area contributed by atoms with E-state index in [0.29, 0.717) is 23.9 Å². The van der Waals surface area contributed by atoms with Crippen molar-refractivity contribution in [1.82, 2.24) is 4.72 Å². The van der Waals surface area contributed by atoms with E-state index in [1.165, 1.54) is 23.3 Å². The summed E-state index contributed by atoms with van der Waals surface area (Å²) in [5.41, 5.74) is 4.79. The molecule has 1 aliphatic heterocycles. The van der Waals surface area contributed by atoms with Crippen LogP contribution in [0.1, 0.15) is 24.0 Å². The molecule has 3 aromatic rings. The predicted octanol–water partition coefficient (Wildman–Crippen LogP) is 6.27. The van der Waals surface area contributed by atoms with Crippen LogP contribution in [-0.4, -0.2) is 30.2 Å². The van der Waals surface area contributed by atoms with Gasteiger partial charge in [-0.1, -0.05) is 48.2 Å². The molecule has 0 aromatic heterocycles. The van der Waals surface area contributed by atoms with Gasteiger partial charge in [0.1, 0.15) is 15.7 Å². The van der Waals surface area contributed by atoms with Crippen molar-refractivity contribution >= 4 is 21.3 Å². The van der Waals surface area contributed by atoms with E-state index in [-0.39, 0.29) is 12.3 Å². The Hall–Kier alpha value is -3.48. The number of hydrogen-bond donors (Lipinski definition) is 1. The molecule has 5 rings (SSSR count). The standard InChI is InChI=1S/C29H28F3N3O2S/c30-29(31,32)37-25-15-17-26(18-16-25)38(36,34-21-22-11-12-22)33-19-5-6-20-35-27-9-3-1-7-23(27)13-14-24-8-2-4-10-28(24)35/h1-4,7-10,15-18,22H,11-14,19-21H2,(H,33,34,36). The maximum absolute atomic E-state index is 13.7. The highest BCUT2D eigenvalue weighted by Gasteiger charge is 2.31. The van der Waals surface area contributed by atoms with Crippen LogP contribution in [0.4, 0.5) is 24.5 Å². The van der Waals surface area contributed by atoms with E-state index in [9.17, 15) is 17.4 Å². The lowest BCUT2D eigenvalue weighted by atomic mass is 10.0. The van der Waals surface area contributed by atoms with Crippen LogP contribution in [0, 0.1) is 17.8 Å². The number of halogens is 3. The van der Waals surface area contributed by atoms with Crippen molar-refractivity contribution in [3.63, 3.8) is 0 Å². The third-order valence-electron chi connectivity index (χ3n) is 6.54. The summed E-state index contributed by atoms with van der Waals surface area (Å²) in [6.45, 7) is 1.01. The first kappa shape index (κ1) is 26.1. The molecular formula is C29H28F3N3O2S. The van der Waals surface area contributed by atoms with Crippen molar-refractivity contribution < 1.29 is 22.1 Å². The zero-order valence-corrected chi connectivity index (χ0v) is 21.5. The molecule has 1 heterocycles. The van der Waals surface area contributed by atoms with Gasteiger partial charge in [-0.05, 0) is 79.1 Å². The van der Waals surface area contributed by atoms with E-state index in [0.717, 1.165) is 49.2 Å². The second-order valence-electron chi connectivity index (χ2n) is 9.32. The minimum atomic E-state index is -4.79. The zero-order chi connectivity index (χ0) is 26.6. The minimum absolute atomic E-state index is 0.116. The smallest absolute Gasteiger partial charge is 0.406 e. The van der Waals surface area contributed by atoms with Crippen LogP contribution in [-0.2, 0) is 22.8 Å². The SMILES string of the molecule is O=S(=NCC1CC1)(NCC#CCN1c2ccccc2CCc2ccccc21)c1ccc(OC(F)(F)F)cc1. The topological polar surface area (TPSA) is 53.9 Å². The molecule has 9 heteroatoms. The maximum atomic E-state index is 13.7. The molecule has 1 saturated carbocycles. The summed E-state index contributed by atoms with van der Waals surface area (Å²) in [6, 6.07) is 21.6. The summed E-state index contributed by atoms with van der Waals surface area (Å²) in [4.78, 5) is 2.50. The van der Waals surface area contributed by atoms with Gasteiger partial charge in [0.2, 0.25) is 0 Å². The van der Waals surface area contributed by atoms with Crippen LogP contribution < -0.4 is 14.4 Å². The third kappa shape index (κ3) is 6.50. The number of nitrogens with zero attached hydrogens (tertiary/aromatic N) is 2. The van der Waals surface area contributed by atoms with Crippen molar-refractivity contribution in [1.29, 1.82) is 0 Å². The molecule has 0 bridgehead atoms. The quantitative estimate of drug-likeness (QED) is 0.360. The van der Waals surface area contributed by atoms with E-state index < -0.39 is 16.3 Å². The average molecular weight is 540 g/mol. The molecule has 0 radical (unpaired) electrons. The summed E-state index contributed by atoms with van der Waals surface area (Å²) < 4.78 is 62.6. The Morgan fingerprint density at radius 3 is 2.11 bits per heavy atom. The summed E-state index contributed by atoms with van der Waals surface area (Å²) in [5.74, 6) is 6.30. The summed E-state index contributed by atoms with van der Waals surface area (Å²) in [7, 11) is -3.07. The Labute approximate surface area is 221 Å². The summed E-state index contributed by atoms with van der Waals surface area (Å²) in [5, 5.41) is 0. The third-order valence-corrected chi connectivity index (χ3v) is 8.49. The van der Waals surface area contributed by atoms with E-state index in [1.807, 2.05) is 24.3 Å². The van der Waals surface area contributed by atoms with Gasteiger partial charge in [0.05, 0.1) is 24.5 Å². The van der Waals surface area contributed by atoms with Gasteiger partial charge >= 0.3 is 6.36 Å². The molecule has 1 aliphatic carbocycles. The Balaban J connectivity index is 1.32. The van der Waals surface area contributed by atoms with E-state index in [4.69, 9.17) is 0 Å². The Morgan fingerprint density at radius 2 is 1.53 bits per heavy atom. The molecule has 1 atom stereocenters. The van der Waals surface area contributed by atoms with Crippen molar-refractivity contribution in [3.05, 3.63) is 83.9 Å². The van der Waals surface area contributed by atoms with Gasteiger partial charge in [0, 0.05) is 11.4 Å². The number of alkyl halides is 3. The number of ether oxygens (including phenoxy) is 1. The van der Waals surface area contributed by atoms with E-state index in [1.54, 1.807) is 0 Å². The van der Waals surface area contributed by atoms with Gasteiger partial charge in [-0.15, -0.1) is 13.2 Å². The molecule has 2 aliphatic rings. The van der Waals surface area contributed by atoms with Crippen LogP contribution in [0.2, 0.25) is 0 Å². The van der Waals surface area contributed by atoms with Crippen LogP contribution in [0.3, 0.4) is 0 Å². The van der Waals surface area contributed by atoms with Crippen LogP contribution in [0.5, 0.6) is 5.75 Å². The first-order valence-electron chi connectivity index (χ1n) is 12.5. The number of benzene rings is 3. The number of aryl methyl sites for hydroxylation is 2. The van der Waals surface area contributed by atoms with E-state index in [2.05, 4.69) is 54.8 Å². The van der Waals surface area contributed by atoms with E-state index >= 15 is 0 Å². The number of fused-ring (bicyclic) bond motifs is 2. The Kier molecular flexibility index (Phi) is 7.63. The Morgan fingerprint density at radius 1 is 0.921 bits per heavy atom. The second kappa shape index (κ2) is 11.1. The van der Waals surface area contributed by atoms with Gasteiger partial charge in [0.25, 0.3) is 0 Å². The molecule has 38 heavy (non-hydrogen) atoms. The molecule has 1 unspecified atom stereocenters. The summed E-state index contributed by atoms with van der Waals surface area (Å²) >= 11 is 0. The fraction of sp³-hybridized carbons (Fsp3) is 0.310. The zero-order valence-electron chi connectivity index (χ0n) is 20.7. The summed E-state index contributed by atoms with van der Waals surface area (Å²) in [6.07, 6.45) is -0.806. The molecule has 0 spiro atoms.